The van der Waals surface area contributed by atoms with Crippen LogP contribution in [0, 0.1) is 11.7 Å². The van der Waals surface area contributed by atoms with Crippen molar-refractivity contribution in [2.75, 3.05) is 5.32 Å². The number of amides is 1. The Morgan fingerprint density at radius 2 is 1.88 bits per heavy atom. The normalized spacial score (nSPS) is 19.1. The van der Waals surface area contributed by atoms with E-state index in [0.29, 0.717) is 11.3 Å². The molecule has 2 aromatic carbocycles. The largest absolute Gasteiger partial charge is 0.489 e. The quantitative estimate of drug-likeness (QED) is 0.845. The van der Waals surface area contributed by atoms with Gasteiger partial charge in [0, 0.05) is 23.2 Å². The smallest absolute Gasteiger partial charge is 0.227 e. The molecule has 0 radical (unpaired) electrons. The van der Waals surface area contributed by atoms with Gasteiger partial charge in [-0.05, 0) is 49.6 Å². The van der Waals surface area contributed by atoms with Crippen LogP contribution >= 0.6 is 12.4 Å². The molecule has 1 fully saturated rings. The molecule has 1 saturated carbocycles. The molecular formula is C19H22ClFN2O2. The molecule has 0 heterocycles. The van der Waals surface area contributed by atoms with Crippen molar-refractivity contribution in [2.24, 2.45) is 11.7 Å². The number of nitrogens with two attached hydrogens (primary N) is 1. The van der Waals surface area contributed by atoms with Crippen molar-refractivity contribution in [1.82, 2.24) is 0 Å². The van der Waals surface area contributed by atoms with Crippen molar-refractivity contribution in [1.29, 1.82) is 0 Å². The second-order valence-electron chi connectivity index (χ2n) is 6.16. The molecule has 25 heavy (non-hydrogen) atoms. The summed E-state index contributed by atoms with van der Waals surface area (Å²) in [7, 11) is 0. The Labute approximate surface area is 153 Å². The molecule has 1 amide bonds. The number of ether oxygens (including phenoxy) is 1. The van der Waals surface area contributed by atoms with Gasteiger partial charge in [-0.1, -0.05) is 18.2 Å². The van der Waals surface area contributed by atoms with E-state index >= 15 is 0 Å². The second-order valence-corrected chi connectivity index (χ2v) is 6.16. The van der Waals surface area contributed by atoms with Gasteiger partial charge < -0.3 is 15.8 Å². The van der Waals surface area contributed by atoms with Crippen molar-refractivity contribution in [3.8, 4) is 5.75 Å². The molecule has 0 saturated heterocycles. The van der Waals surface area contributed by atoms with E-state index in [0.717, 1.165) is 24.9 Å². The minimum Gasteiger partial charge on any atom is -0.489 e. The van der Waals surface area contributed by atoms with E-state index < -0.39 is 0 Å². The molecule has 0 bridgehead atoms. The van der Waals surface area contributed by atoms with Gasteiger partial charge >= 0.3 is 0 Å². The summed E-state index contributed by atoms with van der Waals surface area (Å²) in [6.45, 7) is 0.165. The third kappa shape index (κ3) is 5.18. The Bertz CT molecular complexity index is 709. The Balaban J connectivity index is 0.00000225. The molecule has 1 aliphatic carbocycles. The molecule has 0 spiro atoms. The van der Waals surface area contributed by atoms with Crippen LogP contribution in [0.4, 0.5) is 10.1 Å². The predicted octanol–water partition coefficient (Wildman–Crippen LogP) is 3.89. The minimum atomic E-state index is -0.281. The fourth-order valence-electron chi connectivity index (χ4n) is 2.91. The summed E-state index contributed by atoms with van der Waals surface area (Å²) in [5.74, 6) is 0.357. The summed E-state index contributed by atoms with van der Waals surface area (Å²) in [6, 6.07) is 13.7. The molecular weight excluding hydrogens is 343 g/mol. The van der Waals surface area contributed by atoms with E-state index in [1.807, 2.05) is 0 Å². The molecule has 1 aliphatic rings. The van der Waals surface area contributed by atoms with Crippen molar-refractivity contribution in [2.45, 2.75) is 31.9 Å². The number of halogens is 2. The first-order chi connectivity index (χ1) is 11.6. The highest BCUT2D eigenvalue weighted by atomic mass is 35.5. The zero-order chi connectivity index (χ0) is 16.9. The molecule has 0 aromatic heterocycles. The van der Waals surface area contributed by atoms with Crippen molar-refractivity contribution >= 4 is 24.0 Å². The highest BCUT2D eigenvalue weighted by Crippen LogP contribution is 2.26. The Kier molecular flexibility index (Phi) is 6.79. The lowest BCUT2D eigenvalue weighted by atomic mass is 10.1. The van der Waals surface area contributed by atoms with Gasteiger partial charge in [0.15, 0.2) is 0 Å². The Hall–Kier alpha value is -2.11. The maximum atomic E-state index is 13.5. The first kappa shape index (κ1) is 19.2. The average Bonchev–Trinajstić information content (AvgIpc) is 3.02. The molecule has 2 unspecified atom stereocenters. The minimum absolute atomic E-state index is 0. The topological polar surface area (TPSA) is 64.4 Å². The van der Waals surface area contributed by atoms with E-state index in [-0.39, 0.29) is 42.7 Å². The predicted molar refractivity (Wildman–Crippen MR) is 98.4 cm³/mol. The summed E-state index contributed by atoms with van der Waals surface area (Å²) < 4.78 is 19.1. The second kappa shape index (κ2) is 8.83. The number of carbonyl (C=O) groups is 1. The van der Waals surface area contributed by atoms with Crippen LogP contribution in [-0.4, -0.2) is 11.9 Å². The van der Waals surface area contributed by atoms with Gasteiger partial charge in [-0.3, -0.25) is 4.79 Å². The molecule has 4 nitrogen and oxygen atoms in total. The van der Waals surface area contributed by atoms with E-state index in [1.54, 1.807) is 42.5 Å². The standard InChI is InChI=1S/C19H21FN2O2.ClH/c20-18-4-2-1-3-14(18)12-24-17-9-7-16(8-10-17)22-19(23)13-5-6-15(21)11-13;/h1-4,7-10,13,15H,5-6,11-12,21H2,(H,22,23);1H. The van der Waals surface area contributed by atoms with Crippen LogP contribution in [-0.2, 0) is 11.4 Å². The number of benzene rings is 2. The highest BCUT2D eigenvalue weighted by Gasteiger charge is 2.27. The average molecular weight is 365 g/mol. The molecule has 134 valence electrons. The fraction of sp³-hybridized carbons (Fsp3) is 0.316. The summed E-state index contributed by atoms with van der Waals surface area (Å²) in [5, 5.41) is 2.90. The zero-order valence-electron chi connectivity index (χ0n) is 13.8. The number of carbonyl (C=O) groups excluding carboxylic acids is 1. The summed E-state index contributed by atoms with van der Waals surface area (Å²) in [4.78, 5) is 12.2. The van der Waals surface area contributed by atoms with Crippen LogP contribution in [0.2, 0.25) is 0 Å². The van der Waals surface area contributed by atoms with Gasteiger partial charge in [0.05, 0.1) is 0 Å². The van der Waals surface area contributed by atoms with E-state index in [2.05, 4.69) is 5.32 Å². The zero-order valence-corrected chi connectivity index (χ0v) is 14.6. The Morgan fingerprint density at radius 3 is 2.52 bits per heavy atom. The lowest BCUT2D eigenvalue weighted by Gasteiger charge is -2.12. The highest BCUT2D eigenvalue weighted by molar-refractivity contribution is 5.92. The van der Waals surface area contributed by atoms with Crippen molar-refractivity contribution < 1.29 is 13.9 Å². The number of anilines is 1. The summed E-state index contributed by atoms with van der Waals surface area (Å²) in [6.07, 6.45) is 2.49. The lowest BCUT2D eigenvalue weighted by Crippen LogP contribution is -2.23. The van der Waals surface area contributed by atoms with Gasteiger partial charge in [0.2, 0.25) is 5.91 Å². The SMILES string of the molecule is Cl.NC1CCC(C(=O)Nc2ccc(OCc3ccccc3F)cc2)C1. The van der Waals surface area contributed by atoms with E-state index in [1.165, 1.54) is 6.07 Å². The maximum Gasteiger partial charge on any atom is 0.227 e. The molecule has 2 aromatic rings. The monoisotopic (exact) mass is 364 g/mol. The van der Waals surface area contributed by atoms with Gasteiger partial charge in [0.1, 0.15) is 18.2 Å². The van der Waals surface area contributed by atoms with Gasteiger partial charge in [-0.25, -0.2) is 4.39 Å². The van der Waals surface area contributed by atoms with Gasteiger partial charge in [-0.15, -0.1) is 12.4 Å². The third-order valence-electron chi connectivity index (χ3n) is 4.32. The molecule has 0 aliphatic heterocycles. The number of nitrogens with one attached hydrogen (secondary N) is 1. The van der Waals surface area contributed by atoms with Gasteiger partial charge in [-0.2, -0.15) is 0 Å². The fourth-order valence-corrected chi connectivity index (χ4v) is 2.91. The van der Waals surface area contributed by atoms with E-state index in [4.69, 9.17) is 10.5 Å². The molecule has 6 heteroatoms. The van der Waals surface area contributed by atoms with Gasteiger partial charge in [0.25, 0.3) is 0 Å². The number of hydrogen-bond acceptors (Lipinski definition) is 3. The first-order valence-electron chi connectivity index (χ1n) is 8.14. The number of rotatable bonds is 5. The van der Waals surface area contributed by atoms with Crippen molar-refractivity contribution in [3.63, 3.8) is 0 Å². The number of hydrogen-bond donors (Lipinski definition) is 2. The third-order valence-corrected chi connectivity index (χ3v) is 4.32. The van der Waals surface area contributed by atoms with Crippen LogP contribution in [0.5, 0.6) is 5.75 Å². The molecule has 3 N–H and O–H groups in total. The lowest BCUT2D eigenvalue weighted by molar-refractivity contribution is -0.119. The Morgan fingerprint density at radius 1 is 1.16 bits per heavy atom. The van der Waals surface area contributed by atoms with Crippen LogP contribution < -0.4 is 15.8 Å². The molecule has 3 rings (SSSR count). The van der Waals surface area contributed by atoms with Crippen LogP contribution in [0.1, 0.15) is 24.8 Å². The summed E-state index contributed by atoms with van der Waals surface area (Å²) >= 11 is 0. The van der Waals surface area contributed by atoms with E-state index in [9.17, 15) is 9.18 Å². The maximum absolute atomic E-state index is 13.5. The molecule has 2 atom stereocenters. The summed E-state index contributed by atoms with van der Waals surface area (Å²) in [5.41, 5.74) is 7.07. The van der Waals surface area contributed by atoms with Crippen LogP contribution in [0.15, 0.2) is 48.5 Å². The van der Waals surface area contributed by atoms with Crippen LogP contribution in [0.3, 0.4) is 0 Å². The first-order valence-corrected chi connectivity index (χ1v) is 8.14. The van der Waals surface area contributed by atoms with Crippen molar-refractivity contribution in [3.05, 3.63) is 59.9 Å². The van der Waals surface area contributed by atoms with Crippen LogP contribution in [0.25, 0.3) is 0 Å².